The molecular weight excluding hydrogens is 242 g/mol. The first-order valence-electron chi connectivity index (χ1n) is 6.45. The molecule has 0 saturated carbocycles. The van der Waals surface area contributed by atoms with Crippen LogP contribution in [0.25, 0.3) is 0 Å². The number of aliphatic hydroxyl groups is 1. The van der Waals surface area contributed by atoms with Gasteiger partial charge in [-0.1, -0.05) is 32.9 Å². The van der Waals surface area contributed by atoms with E-state index < -0.39 is 0 Å². The van der Waals surface area contributed by atoms with Crippen LogP contribution in [0.4, 0.5) is 0 Å². The van der Waals surface area contributed by atoms with Crippen LogP contribution < -0.4 is 0 Å². The van der Waals surface area contributed by atoms with Crippen molar-refractivity contribution in [3.63, 3.8) is 0 Å². The molecule has 1 aromatic carbocycles. The zero-order valence-electron chi connectivity index (χ0n) is 11.5. The number of amides is 2. The summed E-state index contributed by atoms with van der Waals surface area (Å²) in [6.45, 7) is 5.86. The van der Waals surface area contributed by atoms with Crippen LogP contribution in [-0.4, -0.2) is 34.5 Å². The van der Waals surface area contributed by atoms with Crippen molar-refractivity contribution in [2.75, 3.05) is 6.61 Å². The third-order valence-electron chi connectivity index (χ3n) is 3.54. The van der Waals surface area contributed by atoms with Crippen molar-refractivity contribution in [3.8, 4) is 0 Å². The second-order valence-corrected chi connectivity index (χ2v) is 5.92. The number of carbonyl (C=O) groups excluding carboxylic acids is 2. The van der Waals surface area contributed by atoms with Gasteiger partial charge in [-0.2, -0.15) is 0 Å². The van der Waals surface area contributed by atoms with Crippen molar-refractivity contribution >= 4 is 11.8 Å². The van der Waals surface area contributed by atoms with Crippen LogP contribution in [0.15, 0.2) is 24.3 Å². The van der Waals surface area contributed by atoms with Gasteiger partial charge in [0.15, 0.2) is 0 Å². The minimum Gasteiger partial charge on any atom is -0.396 e. The summed E-state index contributed by atoms with van der Waals surface area (Å²) in [5, 5.41) is 9.20. The summed E-state index contributed by atoms with van der Waals surface area (Å²) in [6, 6.07) is 6.56. The first-order chi connectivity index (χ1) is 8.88. The number of hydrogen-bond donors (Lipinski definition) is 1. The van der Waals surface area contributed by atoms with Crippen LogP contribution >= 0.6 is 0 Å². The molecule has 0 fully saturated rings. The fourth-order valence-corrected chi connectivity index (χ4v) is 2.56. The molecule has 2 amide bonds. The van der Waals surface area contributed by atoms with Crippen molar-refractivity contribution in [1.82, 2.24) is 4.90 Å². The Balaban J connectivity index is 2.42. The van der Waals surface area contributed by atoms with Gasteiger partial charge in [-0.15, -0.1) is 0 Å². The van der Waals surface area contributed by atoms with Gasteiger partial charge in [-0.3, -0.25) is 14.5 Å². The van der Waals surface area contributed by atoms with Crippen LogP contribution in [0.3, 0.4) is 0 Å². The smallest absolute Gasteiger partial charge is 0.261 e. The fraction of sp³-hybridized carbons (Fsp3) is 0.467. The number of carbonyl (C=O) groups is 2. The van der Waals surface area contributed by atoms with Gasteiger partial charge in [-0.25, -0.2) is 0 Å². The van der Waals surface area contributed by atoms with Gasteiger partial charge >= 0.3 is 0 Å². The van der Waals surface area contributed by atoms with Gasteiger partial charge in [-0.05, 0) is 24.0 Å². The highest BCUT2D eigenvalue weighted by molar-refractivity contribution is 6.21. The predicted molar refractivity (Wildman–Crippen MR) is 71.9 cm³/mol. The van der Waals surface area contributed by atoms with Crippen LogP contribution in [0.2, 0.25) is 0 Å². The lowest BCUT2D eigenvalue weighted by Gasteiger charge is -2.36. The molecule has 2 rings (SSSR count). The fourth-order valence-electron chi connectivity index (χ4n) is 2.56. The van der Waals surface area contributed by atoms with E-state index >= 15 is 0 Å². The normalized spacial score (nSPS) is 16.7. The molecule has 0 spiro atoms. The Hall–Kier alpha value is -1.68. The molecule has 1 aromatic rings. The summed E-state index contributed by atoms with van der Waals surface area (Å²) >= 11 is 0. The van der Waals surface area contributed by atoms with Gasteiger partial charge in [0, 0.05) is 12.6 Å². The molecule has 0 saturated heterocycles. The average molecular weight is 261 g/mol. The predicted octanol–water partition coefficient (Wildman–Crippen LogP) is 2.08. The lowest BCUT2D eigenvalue weighted by Crippen LogP contribution is -2.47. The SMILES string of the molecule is CC(C)(C)C(CCO)N1C(=O)c2ccccc2C1=O. The summed E-state index contributed by atoms with van der Waals surface area (Å²) in [5.74, 6) is -0.511. The third-order valence-corrected chi connectivity index (χ3v) is 3.54. The number of nitrogens with zero attached hydrogens (tertiary/aromatic N) is 1. The Bertz CT molecular complexity index is 481. The summed E-state index contributed by atoms with van der Waals surface area (Å²) in [4.78, 5) is 26.1. The average Bonchev–Trinajstić information content (AvgIpc) is 2.59. The summed E-state index contributed by atoms with van der Waals surface area (Å²) < 4.78 is 0. The van der Waals surface area contributed by atoms with Crippen LogP contribution in [0.1, 0.15) is 47.9 Å². The first-order valence-corrected chi connectivity index (χ1v) is 6.45. The molecule has 1 aliphatic heterocycles. The van der Waals surface area contributed by atoms with Crippen LogP contribution in [0, 0.1) is 5.41 Å². The van der Waals surface area contributed by atoms with Crippen LogP contribution in [-0.2, 0) is 0 Å². The molecule has 19 heavy (non-hydrogen) atoms. The highest BCUT2D eigenvalue weighted by Gasteiger charge is 2.43. The van der Waals surface area contributed by atoms with E-state index in [1.807, 2.05) is 20.8 Å². The minimum atomic E-state index is -0.301. The summed E-state index contributed by atoms with van der Waals surface area (Å²) in [7, 11) is 0. The van der Waals surface area contributed by atoms with E-state index in [1.165, 1.54) is 4.90 Å². The molecule has 1 unspecified atom stereocenters. The van der Waals surface area contributed by atoms with Crippen molar-refractivity contribution in [1.29, 1.82) is 0 Å². The number of benzene rings is 1. The number of imide groups is 1. The molecule has 0 radical (unpaired) electrons. The van der Waals surface area contributed by atoms with Gasteiger partial charge in [0.05, 0.1) is 11.1 Å². The second kappa shape index (κ2) is 4.78. The van der Waals surface area contributed by atoms with Crippen molar-refractivity contribution in [2.45, 2.75) is 33.2 Å². The molecule has 1 N–H and O–H groups in total. The number of fused-ring (bicyclic) bond motifs is 1. The lowest BCUT2D eigenvalue weighted by molar-refractivity contribution is 0.0410. The standard InChI is InChI=1S/C15H19NO3/c1-15(2,3)12(8-9-17)16-13(18)10-6-4-5-7-11(10)14(16)19/h4-7,12,17H,8-9H2,1-3H3. The van der Waals surface area contributed by atoms with Crippen LogP contribution in [0.5, 0.6) is 0 Å². The highest BCUT2D eigenvalue weighted by Crippen LogP contribution is 2.33. The molecule has 102 valence electrons. The Kier molecular flexibility index (Phi) is 3.45. The Labute approximate surface area is 113 Å². The van der Waals surface area contributed by atoms with E-state index in [0.717, 1.165) is 0 Å². The van der Waals surface area contributed by atoms with E-state index in [1.54, 1.807) is 24.3 Å². The van der Waals surface area contributed by atoms with E-state index in [2.05, 4.69) is 0 Å². The van der Waals surface area contributed by atoms with E-state index in [0.29, 0.717) is 17.5 Å². The van der Waals surface area contributed by atoms with Crippen molar-refractivity contribution in [3.05, 3.63) is 35.4 Å². The summed E-state index contributed by atoms with van der Waals surface area (Å²) in [6.07, 6.45) is 0.398. The monoisotopic (exact) mass is 261 g/mol. The maximum Gasteiger partial charge on any atom is 0.261 e. The lowest BCUT2D eigenvalue weighted by atomic mass is 9.84. The van der Waals surface area contributed by atoms with Gasteiger partial charge in [0.1, 0.15) is 0 Å². The van der Waals surface area contributed by atoms with Gasteiger partial charge in [0.25, 0.3) is 11.8 Å². The molecule has 4 nitrogen and oxygen atoms in total. The molecule has 1 heterocycles. The van der Waals surface area contributed by atoms with Gasteiger partial charge < -0.3 is 5.11 Å². The quantitative estimate of drug-likeness (QED) is 0.847. The number of aliphatic hydroxyl groups excluding tert-OH is 1. The first kappa shape index (κ1) is 13.7. The van der Waals surface area contributed by atoms with Gasteiger partial charge in [0.2, 0.25) is 0 Å². The molecule has 1 aliphatic rings. The Morgan fingerprint density at radius 2 is 1.58 bits per heavy atom. The summed E-state index contributed by atoms with van der Waals surface area (Å²) in [5.41, 5.74) is 0.648. The van der Waals surface area contributed by atoms with E-state index in [4.69, 9.17) is 0 Å². The zero-order chi connectivity index (χ0) is 14.2. The third kappa shape index (κ3) is 2.28. The van der Waals surface area contributed by atoms with E-state index in [-0.39, 0.29) is 29.9 Å². The minimum absolute atomic E-state index is 0.0463. The topological polar surface area (TPSA) is 57.6 Å². The Morgan fingerprint density at radius 3 is 1.95 bits per heavy atom. The Morgan fingerprint density at radius 1 is 1.11 bits per heavy atom. The molecule has 0 bridgehead atoms. The molecule has 0 aliphatic carbocycles. The number of hydrogen-bond acceptors (Lipinski definition) is 3. The van der Waals surface area contributed by atoms with Crippen molar-refractivity contribution < 1.29 is 14.7 Å². The highest BCUT2D eigenvalue weighted by atomic mass is 16.3. The largest absolute Gasteiger partial charge is 0.396 e. The zero-order valence-corrected chi connectivity index (χ0v) is 11.5. The molecule has 4 heteroatoms. The number of rotatable bonds is 3. The molecule has 1 atom stereocenters. The second-order valence-electron chi connectivity index (χ2n) is 5.92. The molecule has 0 aromatic heterocycles. The maximum absolute atomic E-state index is 12.4. The van der Waals surface area contributed by atoms with Crippen molar-refractivity contribution in [2.24, 2.45) is 5.41 Å². The maximum atomic E-state index is 12.4. The molecular formula is C15H19NO3. The van der Waals surface area contributed by atoms with E-state index in [9.17, 15) is 14.7 Å².